The van der Waals surface area contributed by atoms with Crippen LogP contribution in [0.15, 0.2) is 18.2 Å². The fourth-order valence-electron chi connectivity index (χ4n) is 3.43. The van der Waals surface area contributed by atoms with Gasteiger partial charge in [-0.15, -0.1) is 0 Å². The Morgan fingerprint density at radius 2 is 1.95 bits per heavy atom. The average molecular weight is 312 g/mol. The zero-order chi connectivity index (χ0) is 15.9. The normalized spacial score (nSPS) is 24.8. The Morgan fingerprint density at radius 3 is 2.50 bits per heavy atom. The van der Waals surface area contributed by atoms with Crippen LogP contribution in [-0.2, 0) is 11.0 Å². The first-order valence-electron chi connectivity index (χ1n) is 7.04. The molecule has 2 heterocycles. The van der Waals surface area contributed by atoms with Gasteiger partial charge in [-0.25, -0.2) is 0 Å². The summed E-state index contributed by atoms with van der Waals surface area (Å²) in [5.74, 6) is 0. The van der Waals surface area contributed by atoms with Crippen molar-refractivity contribution >= 4 is 18.3 Å². The number of carbonyl (C=O) groups excluding carboxylic acids is 2. The van der Waals surface area contributed by atoms with Crippen molar-refractivity contribution in [2.75, 3.05) is 24.5 Å². The van der Waals surface area contributed by atoms with Gasteiger partial charge in [-0.2, -0.15) is 13.2 Å². The van der Waals surface area contributed by atoms with Crippen LogP contribution in [0, 0.1) is 0 Å². The van der Waals surface area contributed by atoms with E-state index in [1.54, 1.807) is 0 Å². The van der Waals surface area contributed by atoms with E-state index in [4.69, 9.17) is 0 Å². The number of aldehydes is 2. The van der Waals surface area contributed by atoms with E-state index < -0.39 is 11.7 Å². The SMILES string of the molecule is O=CCN1CC2CC1CN2c1cc(C(F)(F)F)ccc1C=O. The summed E-state index contributed by atoms with van der Waals surface area (Å²) in [6, 6.07) is 3.41. The second-order valence-corrected chi connectivity index (χ2v) is 5.71. The van der Waals surface area contributed by atoms with Gasteiger partial charge in [0.1, 0.15) is 6.29 Å². The topological polar surface area (TPSA) is 40.6 Å². The molecule has 7 heteroatoms. The molecule has 2 saturated heterocycles. The van der Waals surface area contributed by atoms with Gasteiger partial charge in [-0.1, -0.05) is 0 Å². The first kappa shape index (κ1) is 15.0. The Balaban J connectivity index is 1.90. The standard InChI is InChI=1S/C15H15F3N2O2/c16-15(17,18)11-2-1-10(9-22)14(5-11)20-8-12-6-13(20)7-19(12)3-4-21/h1-2,4-5,9,12-13H,3,6-8H2. The molecule has 1 aromatic rings. The van der Waals surface area contributed by atoms with Crippen LogP contribution in [0.25, 0.3) is 0 Å². The maximum Gasteiger partial charge on any atom is 0.416 e. The molecule has 0 saturated carbocycles. The first-order valence-corrected chi connectivity index (χ1v) is 7.04. The summed E-state index contributed by atoms with van der Waals surface area (Å²) in [6.07, 6.45) is -2.20. The van der Waals surface area contributed by atoms with Crippen LogP contribution in [-0.4, -0.2) is 49.2 Å². The Labute approximate surface area is 125 Å². The van der Waals surface area contributed by atoms with Crippen molar-refractivity contribution in [2.45, 2.75) is 24.7 Å². The average Bonchev–Trinajstić information content (AvgIpc) is 3.06. The molecular formula is C15H15F3N2O2. The first-order chi connectivity index (χ1) is 10.4. The molecule has 2 aliphatic rings. The van der Waals surface area contributed by atoms with E-state index in [-0.39, 0.29) is 17.6 Å². The molecule has 3 rings (SSSR count). The van der Waals surface area contributed by atoms with Crippen molar-refractivity contribution in [3.05, 3.63) is 29.3 Å². The second-order valence-electron chi connectivity index (χ2n) is 5.71. The van der Waals surface area contributed by atoms with Gasteiger partial charge in [-0.05, 0) is 24.6 Å². The summed E-state index contributed by atoms with van der Waals surface area (Å²) in [6.45, 7) is 1.52. The van der Waals surface area contributed by atoms with E-state index in [0.717, 1.165) is 24.8 Å². The number of likely N-dealkylation sites (tertiary alicyclic amines) is 1. The molecule has 1 aromatic carbocycles. The molecule has 0 amide bonds. The fourth-order valence-corrected chi connectivity index (χ4v) is 3.43. The molecule has 4 nitrogen and oxygen atoms in total. The lowest BCUT2D eigenvalue weighted by atomic mass is 10.1. The Hall–Kier alpha value is -1.89. The third kappa shape index (κ3) is 2.49. The molecule has 0 spiro atoms. The summed E-state index contributed by atoms with van der Waals surface area (Å²) in [5, 5.41) is 0. The minimum Gasteiger partial charge on any atom is -0.365 e. The van der Waals surface area contributed by atoms with Gasteiger partial charge in [0.15, 0.2) is 6.29 Å². The van der Waals surface area contributed by atoms with Crippen LogP contribution in [0.4, 0.5) is 18.9 Å². The predicted octanol–water partition coefficient (Wildman–Crippen LogP) is 1.98. The molecule has 0 aliphatic carbocycles. The minimum atomic E-state index is -4.43. The van der Waals surface area contributed by atoms with Crippen LogP contribution in [0.3, 0.4) is 0 Å². The van der Waals surface area contributed by atoms with Gasteiger partial charge < -0.3 is 9.69 Å². The number of hydrogen-bond acceptors (Lipinski definition) is 4. The van der Waals surface area contributed by atoms with Gasteiger partial charge in [0, 0.05) is 36.4 Å². The monoisotopic (exact) mass is 312 g/mol. The highest BCUT2D eigenvalue weighted by atomic mass is 19.4. The van der Waals surface area contributed by atoms with Gasteiger partial charge in [0.05, 0.1) is 12.1 Å². The number of carbonyl (C=O) groups is 2. The van der Waals surface area contributed by atoms with Gasteiger partial charge >= 0.3 is 6.18 Å². The third-order valence-electron chi connectivity index (χ3n) is 4.46. The Morgan fingerprint density at radius 1 is 1.18 bits per heavy atom. The lowest BCUT2D eigenvalue weighted by Crippen LogP contribution is -2.47. The molecule has 0 aromatic heterocycles. The number of hydrogen-bond donors (Lipinski definition) is 0. The molecule has 22 heavy (non-hydrogen) atoms. The highest BCUT2D eigenvalue weighted by molar-refractivity contribution is 5.85. The van der Waals surface area contributed by atoms with Crippen molar-refractivity contribution in [1.82, 2.24) is 4.90 Å². The van der Waals surface area contributed by atoms with Crippen molar-refractivity contribution in [3.63, 3.8) is 0 Å². The molecule has 2 aliphatic heterocycles. The van der Waals surface area contributed by atoms with Crippen LogP contribution >= 0.6 is 0 Å². The summed E-state index contributed by atoms with van der Waals surface area (Å²) in [5.41, 5.74) is -0.147. The summed E-state index contributed by atoms with van der Waals surface area (Å²) in [4.78, 5) is 25.7. The molecular weight excluding hydrogens is 297 g/mol. The quantitative estimate of drug-likeness (QED) is 0.797. The van der Waals surface area contributed by atoms with Crippen LogP contribution in [0.5, 0.6) is 0 Å². The smallest absolute Gasteiger partial charge is 0.365 e. The molecule has 2 bridgehead atoms. The van der Waals surface area contributed by atoms with Crippen LogP contribution in [0.1, 0.15) is 22.3 Å². The van der Waals surface area contributed by atoms with Gasteiger partial charge in [0.2, 0.25) is 0 Å². The molecule has 0 N–H and O–H groups in total. The van der Waals surface area contributed by atoms with Crippen LogP contribution in [0.2, 0.25) is 0 Å². The predicted molar refractivity (Wildman–Crippen MR) is 74.0 cm³/mol. The summed E-state index contributed by atoms with van der Waals surface area (Å²) < 4.78 is 38.7. The van der Waals surface area contributed by atoms with E-state index in [1.165, 1.54) is 6.07 Å². The summed E-state index contributed by atoms with van der Waals surface area (Å²) >= 11 is 0. The van der Waals surface area contributed by atoms with Crippen LogP contribution < -0.4 is 4.90 Å². The van der Waals surface area contributed by atoms with Crippen molar-refractivity contribution in [2.24, 2.45) is 0 Å². The number of benzene rings is 1. The minimum absolute atomic E-state index is 0.0483. The highest BCUT2D eigenvalue weighted by Gasteiger charge is 2.44. The lowest BCUT2D eigenvalue weighted by Gasteiger charge is -2.35. The van der Waals surface area contributed by atoms with E-state index in [2.05, 4.69) is 0 Å². The number of fused-ring (bicyclic) bond motifs is 2. The summed E-state index contributed by atoms with van der Waals surface area (Å²) in [7, 11) is 0. The number of halogens is 3. The van der Waals surface area contributed by atoms with E-state index >= 15 is 0 Å². The molecule has 2 atom stereocenters. The number of piperazine rings is 1. The lowest BCUT2D eigenvalue weighted by molar-refractivity contribution is -0.137. The number of rotatable bonds is 4. The van der Waals surface area contributed by atoms with Crippen molar-refractivity contribution < 1.29 is 22.8 Å². The zero-order valence-corrected chi connectivity index (χ0v) is 11.7. The molecule has 2 unspecified atom stereocenters. The Kier molecular flexibility index (Phi) is 3.68. The zero-order valence-electron chi connectivity index (χ0n) is 11.7. The third-order valence-corrected chi connectivity index (χ3v) is 4.46. The second kappa shape index (κ2) is 5.39. The van der Waals surface area contributed by atoms with Crippen molar-refractivity contribution in [3.8, 4) is 0 Å². The number of nitrogens with zero attached hydrogens (tertiary/aromatic N) is 2. The molecule has 118 valence electrons. The number of alkyl halides is 3. The number of anilines is 1. The van der Waals surface area contributed by atoms with E-state index in [9.17, 15) is 22.8 Å². The van der Waals surface area contributed by atoms with E-state index in [0.29, 0.717) is 31.6 Å². The van der Waals surface area contributed by atoms with Gasteiger partial charge in [0.25, 0.3) is 0 Å². The largest absolute Gasteiger partial charge is 0.416 e. The van der Waals surface area contributed by atoms with E-state index in [1.807, 2.05) is 9.80 Å². The maximum atomic E-state index is 12.9. The Bertz CT molecular complexity index is 603. The van der Waals surface area contributed by atoms with Gasteiger partial charge in [-0.3, -0.25) is 9.69 Å². The fraction of sp³-hybridized carbons (Fsp3) is 0.467. The molecule has 0 radical (unpaired) electrons. The highest BCUT2D eigenvalue weighted by Crippen LogP contribution is 2.38. The molecule has 2 fully saturated rings. The maximum absolute atomic E-state index is 12.9. The van der Waals surface area contributed by atoms with Crippen molar-refractivity contribution in [1.29, 1.82) is 0 Å².